The van der Waals surface area contributed by atoms with Crippen LogP contribution in [-0.4, -0.2) is 22.1 Å². The van der Waals surface area contributed by atoms with Crippen molar-refractivity contribution in [3.05, 3.63) is 23.0 Å². The van der Waals surface area contributed by atoms with E-state index in [1.54, 1.807) is 0 Å². The highest BCUT2D eigenvalue weighted by molar-refractivity contribution is 6.62. The zero-order chi connectivity index (χ0) is 9.35. The fourth-order valence-electron chi connectivity index (χ4n) is 0.717. The maximum Gasteiger partial charge on any atom is 0.499 e. The van der Waals surface area contributed by atoms with E-state index in [0.29, 0.717) is 5.70 Å². The maximum atomic E-state index is 8.83. The van der Waals surface area contributed by atoms with Crippen molar-refractivity contribution < 1.29 is 10.0 Å². The van der Waals surface area contributed by atoms with Crippen molar-refractivity contribution in [2.24, 2.45) is 5.73 Å². The molecule has 0 aromatic carbocycles. The summed E-state index contributed by atoms with van der Waals surface area (Å²) in [5.41, 5.74) is 5.68. The van der Waals surface area contributed by atoms with Crippen LogP contribution in [0.15, 0.2) is 23.0 Å². The lowest BCUT2D eigenvalue weighted by molar-refractivity contribution is 0.379. The number of alkyl halides is 1. The molecule has 0 bridgehead atoms. The molecule has 0 aromatic heterocycles. The Morgan fingerprint density at radius 1 is 1.58 bits per heavy atom. The Morgan fingerprint density at radius 2 is 2.17 bits per heavy atom. The summed E-state index contributed by atoms with van der Waals surface area (Å²) in [6.07, 6.45) is 2.73. The molecule has 1 atom stereocenters. The van der Waals surface area contributed by atoms with Gasteiger partial charge in [-0.3, -0.25) is 0 Å². The van der Waals surface area contributed by atoms with Gasteiger partial charge in [0.25, 0.3) is 0 Å². The Balaban J connectivity index is 2.87. The van der Waals surface area contributed by atoms with Crippen LogP contribution in [0.25, 0.3) is 0 Å². The highest BCUT2D eigenvalue weighted by Gasteiger charge is 2.40. The third-order valence-electron chi connectivity index (χ3n) is 1.44. The smallest absolute Gasteiger partial charge is 0.425 e. The second kappa shape index (κ2) is 3.18. The van der Waals surface area contributed by atoms with Crippen LogP contribution in [0.3, 0.4) is 0 Å². The van der Waals surface area contributed by atoms with Gasteiger partial charge in [-0.15, -0.1) is 0 Å². The second-order valence-corrected chi connectivity index (χ2v) is 3.37. The van der Waals surface area contributed by atoms with E-state index >= 15 is 0 Å². The van der Waals surface area contributed by atoms with Gasteiger partial charge in [-0.2, -0.15) is 0 Å². The molecule has 66 valence electrons. The molecular formula is C5H7BCl2N2O2. The van der Waals surface area contributed by atoms with Crippen LogP contribution in [-0.2, 0) is 0 Å². The number of hydrogen-bond donors (Lipinski definition) is 4. The van der Waals surface area contributed by atoms with Gasteiger partial charge in [-0.25, -0.2) is 0 Å². The molecule has 1 unspecified atom stereocenters. The number of allylic oxidation sites excluding steroid dienone is 1. The standard InChI is InChI=1S/C5H7BCl2N2O2/c7-4-3(9)1-2-5(8,10-4)6(11)12/h1-2,10-12H,9H2. The van der Waals surface area contributed by atoms with Crippen molar-refractivity contribution in [2.75, 3.05) is 0 Å². The zero-order valence-corrected chi connectivity index (χ0v) is 7.47. The molecule has 0 aliphatic carbocycles. The Morgan fingerprint density at radius 3 is 2.58 bits per heavy atom. The van der Waals surface area contributed by atoms with Gasteiger partial charge < -0.3 is 21.1 Å². The van der Waals surface area contributed by atoms with Crippen LogP contribution in [0.5, 0.6) is 0 Å². The molecule has 0 spiro atoms. The quantitative estimate of drug-likeness (QED) is 0.265. The third kappa shape index (κ3) is 1.69. The molecule has 0 fully saturated rings. The largest absolute Gasteiger partial charge is 0.499 e. The number of dihydropyridines is 1. The molecule has 0 aromatic rings. The minimum atomic E-state index is -1.75. The topological polar surface area (TPSA) is 78.5 Å². The van der Waals surface area contributed by atoms with E-state index in [0.717, 1.165) is 0 Å². The van der Waals surface area contributed by atoms with Crippen molar-refractivity contribution in [2.45, 2.75) is 4.90 Å². The lowest BCUT2D eigenvalue weighted by atomic mass is 9.77. The number of rotatable bonds is 1. The molecule has 1 rings (SSSR count). The van der Waals surface area contributed by atoms with E-state index in [4.69, 9.17) is 39.0 Å². The van der Waals surface area contributed by atoms with Crippen molar-refractivity contribution in [1.82, 2.24) is 5.32 Å². The van der Waals surface area contributed by atoms with Crippen LogP contribution in [0, 0.1) is 0 Å². The molecule has 1 aliphatic rings. The molecule has 12 heavy (non-hydrogen) atoms. The molecule has 5 N–H and O–H groups in total. The summed E-state index contributed by atoms with van der Waals surface area (Å²) in [5, 5.41) is 20.2. The van der Waals surface area contributed by atoms with Gasteiger partial charge in [0.15, 0.2) is 4.90 Å². The fraction of sp³-hybridized carbons (Fsp3) is 0.200. The maximum absolute atomic E-state index is 8.83. The molecule has 1 heterocycles. The first-order valence-electron chi connectivity index (χ1n) is 3.13. The molecular weight excluding hydrogens is 202 g/mol. The summed E-state index contributed by atoms with van der Waals surface area (Å²) >= 11 is 11.3. The van der Waals surface area contributed by atoms with Gasteiger partial charge >= 0.3 is 7.12 Å². The van der Waals surface area contributed by atoms with Gasteiger partial charge in [0, 0.05) is 0 Å². The second-order valence-electron chi connectivity index (χ2n) is 2.37. The highest BCUT2D eigenvalue weighted by Crippen LogP contribution is 2.23. The summed E-state index contributed by atoms with van der Waals surface area (Å²) < 4.78 is 0. The summed E-state index contributed by atoms with van der Waals surface area (Å²) in [7, 11) is -1.75. The minimum absolute atomic E-state index is 0.0978. The summed E-state index contributed by atoms with van der Waals surface area (Å²) in [5.74, 6) is 0. The number of halogens is 2. The Bertz CT molecular complexity index is 256. The molecule has 0 saturated carbocycles. The number of hydrogen-bond acceptors (Lipinski definition) is 4. The summed E-state index contributed by atoms with van der Waals surface area (Å²) in [6.45, 7) is 0. The van der Waals surface area contributed by atoms with Crippen molar-refractivity contribution in [1.29, 1.82) is 0 Å². The van der Waals surface area contributed by atoms with E-state index in [2.05, 4.69) is 5.32 Å². The lowest BCUT2D eigenvalue weighted by Gasteiger charge is -2.27. The van der Waals surface area contributed by atoms with Crippen molar-refractivity contribution in [3.8, 4) is 0 Å². The average molecular weight is 209 g/mol. The lowest BCUT2D eigenvalue weighted by Crippen LogP contribution is -2.52. The third-order valence-corrected chi connectivity index (χ3v) is 2.16. The average Bonchev–Trinajstić information content (AvgIpc) is 1.97. The van der Waals surface area contributed by atoms with Crippen molar-refractivity contribution in [3.63, 3.8) is 0 Å². The summed E-state index contributed by atoms with van der Waals surface area (Å²) in [4.78, 5) is -1.49. The summed E-state index contributed by atoms with van der Waals surface area (Å²) in [6, 6.07) is 0. The first kappa shape index (κ1) is 9.73. The van der Waals surface area contributed by atoms with Gasteiger partial charge in [-0.05, 0) is 12.2 Å². The van der Waals surface area contributed by atoms with Gasteiger partial charge in [-0.1, -0.05) is 23.2 Å². The predicted molar refractivity (Wildman–Crippen MR) is 48.1 cm³/mol. The first-order valence-corrected chi connectivity index (χ1v) is 3.89. The first-order chi connectivity index (χ1) is 5.46. The van der Waals surface area contributed by atoms with Crippen LogP contribution in [0.1, 0.15) is 0 Å². The molecule has 0 amide bonds. The Hall–Kier alpha value is -0.355. The molecule has 0 saturated heterocycles. The van der Waals surface area contributed by atoms with Crippen LogP contribution < -0.4 is 11.1 Å². The zero-order valence-electron chi connectivity index (χ0n) is 5.96. The molecule has 0 radical (unpaired) electrons. The SMILES string of the molecule is NC1=C(Cl)NC(Cl)(B(O)O)C=C1. The molecule has 4 nitrogen and oxygen atoms in total. The van der Waals surface area contributed by atoms with Gasteiger partial charge in [0.2, 0.25) is 0 Å². The minimum Gasteiger partial charge on any atom is -0.425 e. The van der Waals surface area contributed by atoms with E-state index in [1.807, 2.05) is 0 Å². The monoisotopic (exact) mass is 208 g/mol. The highest BCUT2D eigenvalue weighted by atomic mass is 35.5. The Labute approximate surface area is 79.8 Å². The van der Waals surface area contributed by atoms with E-state index < -0.39 is 12.0 Å². The van der Waals surface area contributed by atoms with Crippen LogP contribution in [0.2, 0.25) is 0 Å². The molecule has 1 aliphatic heterocycles. The van der Waals surface area contributed by atoms with Crippen molar-refractivity contribution >= 4 is 30.3 Å². The normalized spacial score (nSPS) is 28.7. The Kier molecular flexibility index (Phi) is 2.58. The van der Waals surface area contributed by atoms with Gasteiger partial charge in [0.05, 0.1) is 5.70 Å². The van der Waals surface area contributed by atoms with Gasteiger partial charge in [0.1, 0.15) is 5.16 Å². The van der Waals surface area contributed by atoms with E-state index in [1.165, 1.54) is 12.2 Å². The van der Waals surface area contributed by atoms with Crippen LogP contribution >= 0.6 is 23.2 Å². The molecule has 7 heteroatoms. The fourth-order valence-corrected chi connectivity index (χ4v) is 1.14. The van der Waals surface area contributed by atoms with E-state index in [9.17, 15) is 0 Å². The number of nitrogens with two attached hydrogens (primary N) is 1. The predicted octanol–water partition coefficient (Wildman–Crippen LogP) is -0.540. The van der Waals surface area contributed by atoms with E-state index in [-0.39, 0.29) is 5.16 Å². The van der Waals surface area contributed by atoms with Crippen LogP contribution in [0.4, 0.5) is 0 Å². The number of nitrogens with one attached hydrogen (secondary N) is 1.